The number of aryl methyl sites for hydroxylation is 1. The molecule has 0 radical (unpaired) electrons. The van der Waals surface area contributed by atoms with Crippen LogP contribution in [0.5, 0.6) is 11.5 Å². The highest BCUT2D eigenvalue weighted by Crippen LogP contribution is 2.32. The Kier molecular flexibility index (Phi) is 8.17. The number of aliphatic hydroxyl groups excluding tert-OH is 2. The van der Waals surface area contributed by atoms with Gasteiger partial charge in [-0.2, -0.15) is 10.2 Å². The number of hydrogen-bond acceptors (Lipinski definition) is 7. The van der Waals surface area contributed by atoms with Gasteiger partial charge in [-0.3, -0.25) is 14.3 Å². The molecular weight excluding hydrogens is 462 g/mol. The van der Waals surface area contributed by atoms with Crippen molar-refractivity contribution in [2.24, 2.45) is 5.92 Å². The van der Waals surface area contributed by atoms with Crippen molar-refractivity contribution >= 4 is 11.7 Å². The molecule has 0 fully saturated rings. The fourth-order valence-electron chi connectivity index (χ4n) is 4.44. The first-order valence-corrected chi connectivity index (χ1v) is 12.3. The molecule has 4 rings (SSSR count). The molecule has 1 amide bonds. The predicted molar refractivity (Wildman–Crippen MR) is 134 cm³/mol. The number of nitrogens with zero attached hydrogens (tertiary/aromatic N) is 4. The first kappa shape index (κ1) is 25.6. The second kappa shape index (κ2) is 11.5. The van der Waals surface area contributed by atoms with Crippen molar-refractivity contribution in [3.63, 3.8) is 0 Å². The molecule has 1 aliphatic carbocycles. The van der Waals surface area contributed by atoms with Gasteiger partial charge >= 0.3 is 0 Å². The number of carbonyl (C=O) groups excluding carboxylic acids is 1. The summed E-state index contributed by atoms with van der Waals surface area (Å²) in [7, 11) is 0. The molecule has 1 aromatic carbocycles. The highest BCUT2D eigenvalue weighted by Gasteiger charge is 2.25. The van der Waals surface area contributed by atoms with Gasteiger partial charge in [0, 0.05) is 18.3 Å². The van der Waals surface area contributed by atoms with Crippen LogP contribution in [0.3, 0.4) is 0 Å². The molecule has 1 aliphatic rings. The highest BCUT2D eigenvalue weighted by atomic mass is 16.5. The van der Waals surface area contributed by atoms with Crippen LogP contribution in [0.1, 0.15) is 50.3 Å². The van der Waals surface area contributed by atoms with E-state index >= 15 is 0 Å². The standard InChI is InChI=1S/C26H33N5O5/c1-17(2)12-22(26(35)28-24-10-11-30(29-24)15-19(33)16-32)31-25(34)13-20(14-27-31)36-23-9-5-7-18-6-3-4-8-21(18)23/h5,7,9-11,13-14,17,19,22,32-33H,3-4,6,8,12,15-16H2,1-2H3,(H,28,29,35)/t19-,22?/m1/s1. The lowest BCUT2D eigenvalue weighted by Gasteiger charge is -2.21. The van der Waals surface area contributed by atoms with Gasteiger partial charge in [0.25, 0.3) is 11.5 Å². The van der Waals surface area contributed by atoms with Gasteiger partial charge in [-0.15, -0.1) is 0 Å². The van der Waals surface area contributed by atoms with Crippen LogP contribution in [0.25, 0.3) is 0 Å². The topological polar surface area (TPSA) is 132 Å². The lowest BCUT2D eigenvalue weighted by molar-refractivity contribution is -0.120. The van der Waals surface area contributed by atoms with E-state index in [-0.39, 0.29) is 24.9 Å². The molecule has 0 saturated heterocycles. The fraction of sp³-hybridized carbons (Fsp3) is 0.462. The quantitative estimate of drug-likeness (QED) is 0.394. The van der Waals surface area contributed by atoms with Gasteiger partial charge in [0.05, 0.1) is 25.5 Å². The van der Waals surface area contributed by atoms with E-state index in [0.717, 1.165) is 31.4 Å². The van der Waals surface area contributed by atoms with Crippen molar-refractivity contribution in [3.05, 3.63) is 64.2 Å². The van der Waals surface area contributed by atoms with Crippen LogP contribution in [-0.2, 0) is 24.2 Å². The number of ether oxygens (including phenoxy) is 1. The number of fused-ring (bicyclic) bond motifs is 1. The van der Waals surface area contributed by atoms with Gasteiger partial charge in [-0.25, -0.2) is 4.68 Å². The van der Waals surface area contributed by atoms with Crippen LogP contribution in [0.15, 0.2) is 47.5 Å². The lowest BCUT2D eigenvalue weighted by atomic mass is 9.91. The van der Waals surface area contributed by atoms with E-state index in [4.69, 9.17) is 9.84 Å². The number of aliphatic hydroxyl groups is 2. The number of aromatic nitrogens is 4. The van der Waals surface area contributed by atoms with Crippen molar-refractivity contribution in [2.75, 3.05) is 11.9 Å². The summed E-state index contributed by atoms with van der Waals surface area (Å²) in [6, 6.07) is 8.09. The SMILES string of the molecule is CC(C)CC(C(=O)Nc1ccn(C[C@@H](O)CO)n1)n1ncc(Oc2cccc3c2CCCC3)cc1=O. The largest absolute Gasteiger partial charge is 0.455 e. The van der Waals surface area contributed by atoms with Crippen LogP contribution in [0.4, 0.5) is 5.82 Å². The first-order valence-electron chi connectivity index (χ1n) is 12.3. The number of rotatable bonds is 10. The number of nitrogens with one attached hydrogen (secondary N) is 1. The Balaban J connectivity index is 1.52. The van der Waals surface area contributed by atoms with Crippen LogP contribution in [-0.4, -0.2) is 48.4 Å². The summed E-state index contributed by atoms with van der Waals surface area (Å²) in [5.74, 6) is 1.06. The van der Waals surface area contributed by atoms with Crippen molar-refractivity contribution in [1.82, 2.24) is 19.6 Å². The van der Waals surface area contributed by atoms with E-state index < -0.39 is 23.6 Å². The normalized spacial score (nSPS) is 14.8. The molecule has 192 valence electrons. The third-order valence-corrected chi connectivity index (χ3v) is 6.17. The van der Waals surface area contributed by atoms with Crippen molar-refractivity contribution in [2.45, 2.75) is 64.6 Å². The maximum Gasteiger partial charge on any atom is 0.271 e. The molecule has 2 atom stereocenters. The molecular formula is C26H33N5O5. The van der Waals surface area contributed by atoms with E-state index in [1.54, 1.807) is 12.3 Å². The minimum absolute atomic E-state index is 0.0922. The molecule has 0 aliphatic heterocycles. The summed E-state index contributed by atoms with van der Waals surface area (Å²) < 4.78 is 8.64. The van der Waals surface area contributed by atoms with Crippen LogP contribution >= 0.6 is 0 Å². The van der Waals surface area contributed by atoms with Crippen LogP contribution < -0.4 is 15.6 Å². The summed E-state index contributed by atoms with van der Waals surface area (Å²) in [4.78, 5) is 26.2. The summed E-state index contributed by atoms with van der Waals surface area (Å²) in [5.41, 5.74) is 2.02. The molecule has 1 unspecified atom stereocenters. The Labute approximate surface area is 209 Å². The van der Waals surface area contributed by atoms with Crippen LogP contribution in [0.2, 0.25) is 0 Å². The maximum absolute atomic E-state index is 13.1. The third kappa shape index (κ3) is 6.19. The minimum Gasteiger partial charge on any atom is -0.455 e. The number of carbonyl (C=O) groups is 1. The van der Waals surface area contributed by atoms with Gasteiger partial charge in [0.2, 0.25) is 0 Å². The fourth-order valence-corrected chi connectivity index (χ4v) is 4.44. The summed E-state index contributed by atoms with van der Waals surface area (Å²) in [6.07, 6.45) is 6.75. The van der Waals surface area contributed by atoms with E-state index in [1.807, 2.05) is 26.0 Å². The first-order chi connectivity index (χ1) is 17.3. The Bertz CT molecular complexity index is 1250. The molecule has 0 spiro atoms. The number of amides is 1. The Morgan fingerprint density at radius 3 is 2.78 bits per heavy atom. The zero-order valence-corrected chi connectivity index (χ0v) is 20.6. The van der Waals surface area contributed by atoms with Crippen molar-refractivity contribution in [3.8, 4) is 11.5 Å². The second-order valence-corrected chi connectivity index (χ2v) is 9.57. The van der Waals surface area contributed by atoms with Gasteiger partial charge in [-0.05, 0) is 55.2 Å². The number of anilines is 1. The Hall–Kier alpha value is -3.50. The smallest absolute Gasteiger partial charge is 0.271 e. The van der Waals surface area contributed by atoms with Crippen molar-refractivity contribution < 1.29 is 19.7 Å². The second-order valence-electron chi connectivity index (χ2n) is 9.57. The highest BCUT2D eigenvalue weighted by molar-refractivity contribution is 5.92. The maximum atomic E-state index is 13.1. The molecule has 10 nitrogen and oxygen atoms in total. The van der Waals surface area contributed by atoms with E-state index in [2.05, 4.69) is 21.6 Å². The zero-order valence-electron chi connectivity index (χ0n) is 20.6. The summed E-state index contributed by atoms with van der Waals surface area (Å²) in [5, 5.41) is 29.8. The Morgan fingerprint density at radius 1 is 1.22 bits per heavy atom. The lowest BCUT2D eigenvalue weighted by Crippen LogP contribution is -2.35. The molecule has 3 N–H and O–H groups in total. The minimum atomic E-state index is -0.952. The third-order valence-electron chi connectivity index (χ3n) is 6.17. The monoisotopic (exact) mass is 495 g/mol. The van der Waals surface area contributed by atoms with Gasteiger partial charge in [0.1, 0.15) is 11.8 Å². The number of hydrogen-bond donors (Lipinski definition) is 3. The van der Waals surface area contributed by atoms with Gasteiger partial charge in [0.15, 0.2) is 11.6 Å². The summed E-state index contributed by atoms with van der Waals surface area (Å²) in [6.45, 7) is 3.63. The average Bonchev–Trinajstić information content (AvgIpc) is 3.29. The number of benzene rings is 1. The molecule has 2 heterocycles. The molecule has 0 saturated carbocycles. The molecule has 10 heteroatoms. The molecule has 0 bridgehead atoms. The van der Waals surface area contributed by atoms with Gasteiger partial charge in [-0.1, -0.05) is 26.0 Å². The van der Waals surface area contributed by atoms with Gasteiger partial charge < -0.3 is 20.3 Å². The molecule has 3 aromatic rings. The predicted octanol–water partition coefficient (Wildman–Crippen LogP) is 2.69. The molecule has 2 aromatic heterocycles. The van der Waals surface area contributed by atoms with E-state index in [1.165, 1.54) is 32.8 Å². The van der Waals surface area contributed by atoms with Crippen molar-refractivity contribution in [1.29, 1.82) is 0 Å². The zero-order chi connectivity index (χ0) is 25.7. The van der Waals surface area contributed by atoms with E-state index in [0.29, 0.717) is 12.2 Å². The molecule has 36 heavy (non-hydrogen) atoms. The Morgan fingerprint density at radius 2 is 2.03 bits per heavy atom. The van der Waals surface area contributed by atoms with E-state index in [9.17, 15) is 14.7 Å². The average molecular weight is 496 g/mol. The summed E-state index contributed by atoms with van der Waals surface area (Å²) >= 11 is 0. The van der Waals surface area contributed by atoms with Crippen LogP contribution in [0, 0.1) is 5.92 Å².